The van der Waals surface area contributed by atoms with Crippen LogP contribution in [0.1, 0.15) is 10.4 Å². The summed E-state index contributed by atoms with van der Waals surface area (Å²) in [6.07, 6.45) is 0. The van der Waals surface area contributed by atoms with E-state index in [1.807, 2.05) is 0 Å². The van der Waals surface area contributed by atoms with Gasteiger partial charge in [-0.3, -0.25) is 4.79 Å². The lowest BCUT2D eigenvalue weighted by Gasteiger charge is -2.23. The molecule has 102 valence electrons. The third-order valence-electron chi connectivity index (χ3n) is 2.71. The van der Waals surface area contributed by atoms with Crippen molar-refractivity contribution < 1.29 is 19.4 Å². The average Bonchev–Trinajstić information content (AvgIpc) is 2.39. The molecule has 1 aliphatic rings. The van der Waals surface area contributed by atoms with Crippen molar-refractivity contribution in [1.29, 1.82) is 0 Å². The molecule has 1 aromatic carbocycles. The van der Waals surface area contributed by atoms with E-state index >= 15 is 0 Å². The molecule has 0 bridgehead atoms. The minimum atomic E-state index is -1.13. The SMILES string of the molecule is O=C(O)c1ccc(Cl)cc1NC(=O)C1COCCN1. The highest BCUT2D eigenvalue weighted by molar-refractivity contribution is 6.31. The van der Waals surface area contributed by atoms with Gasteiger partial charge in [-0.05, 0) is 18.2 Å². The number of carboxylic acid groups (broad SMARTS) is 1. The number of halogens is 1. The van der Waals surface area contributed by atoms with E-state index in [1.165, 1.54) is 18.2 Å². The van der Waals surface area contributed by atoms with E-state index in [-0.39, 0.29) is 23.8 Å². The van der Waals surface area contributed by atoms with Crippen molar-refractivity contribution in [2.75, 3.05) is 25.1 Å². The standard InChI is InChI=1S/C12H13ClN2O4/c13-7-1-2-8(12(17)18)9(5-7)15-11(16)10-6-19-4-3-14-10/h1-2,5,10,14H,3-4,6H2,(H,15,16)(H,17,18). The van der Waals surface area contributed by atoms with Crippen LogP contribution in [0.2, 0.25) is 5.02 Å². The first-order valence-corrected chi connectivity index (χ1v) is 6.10. The number of hydrogen-bond acceptors (Lipinski definition) is 4. The first-order chi connectivity index (χ1) is 9.08. The second-order valence-corrected chi connectivity index (χ2v) is 4.50. The van der Waals surface area contributed by atoms with Crippen molar-refractivity contribution in [3.8, 4) is 0 Å². The lowest BCUT2D eigenvalue weighted by Crippen LogP contribution is -2.49. The lowest BCUT2D eigenvalue weighted by atomic mass is 10.1. The number of anilines is 1. The van der Waals surface area contributed by atoms with Crippen LogP contribution in [0.25, 0.3) is 0 Å². The van der Waals surface area contributed by atoms with Gasteiger partial charge in [-0.25, -0.2) is 4.79 Å². The number of ether oxygens (including phenoxy) is 1. The number of aromatic carboxylic acids is 1. The van der Waals surface area contributed by atoms with Gasteiger partial charge < -0.3 is 20.5 Å². The van der Waals surface area contributed by atoms with Crippen LogP contribution >= 0.6 is 11.6 Å². The van der Waals surface area contributed by atoms with Crippen LogP contribution < -0.4 is 10.6 Å². The Morgan fingerprint density at radius 3 is 2.89 bits per heavy atom. The van der Waals surface area contributed by atoms with Gasteiger partial charge in [-0.1, -0.05) is 11.6 Å². The molecule has 0 saturated carbocycles. The summed E-state index contributed by atoms with van der Waals surface area (Å²) >= 11 is 5.81. The molecule has 0 aromatic heterocycles. The van der Waals surface area contributed by atoms with Gasteiger partial charge in [0.2, 0.25) is 5.91 Å². The van der Waals surface area contributed by atoms with E-state index < -0.39 is 12.0 Å². The van der Waals surface area contributed by atoms with Gasteiger partial charge in [-0.2, -0.15) is 0 Å². The number of carboxylic acids is 1. The summed E-state index contributed by atoms with van der Waals surface area (Å²) in [6, 6.07) is 3.73. The lowest BCUT2D eigenvalue weighted by molar-refractivity contribution is -0.120. The van der Waals surface area contributed by atoms with Crippen molar-refractivity contribution in [2.45, 2.75) is 6.04 Å². The number of rotatable bonds is 3. The molecule has 1 atom stereocenters. The minimum Gasteiger partial charge on any atom is -0.478 e. The second kappa shape index (κ2) is 6.01. The Bertz CT molecular complexity index is 501. The Morgan fingerprint density at radius 2 is 2.26 bits per heavy atom. The average molecular weight is 285 g/mol. The highest BCUT2D eigenvalue weighted by Gasteiger charge is 2.22. The highest BCUT2D eigenvalue weighted by atomic mass is 35.5. The van der Waals surface area contributed by atoms with Crippen LogP contribution in [0.5, 0.6) is 0 Å². The van der Waals surface area contributed by atoms with Crippen LogP contribution in [-0.2, 0) is 9.53 Å². The second-order valence-electron chi connectivity index (χ2n) is 4.07. The van der Waals surface area contributed by atoms with E-state index in [0.717, 1.165) is 0 Å². The Hall–Kier alpha value is -1.63. The number of nitrogens with one attached hydrogen (secondary N) is 2. The fourth-order valence-electron chi connectivity index (χ4n) is 1.76. The van der Waals surface area contributed by atoms with E-state index in [1.54, 1.807) is 0 Å². The summed E-state index contributed by atoms with van der Waals surface area (Å²) in [7, 11) is 0. The van der Waals surface area contributed by atoms with Crippen LogP contribution in [0.3, 0.4) is 0 Å². The zero-order valence-corrected chi connectivity index (χ0v) is 10.7. The predicted octanol–water partition coefficient (Wildman–Crippen LogP) is 0.965. The van der Waals surface area contributed by atoms with Crippen molar-refractivity contribution in [2.24, 2.45) is 0 Å². The molecular weight excluding hydrogens is 272 g/mol. The Labute approximate surface area is 114 Å². The van der Waals surface area contributed by atoms with Crippen LogP contribution in [0, 0.1) is 0 Å². The molecule has 0 radical (unpaired) electrons. The fourth-order valence-corrected chi connectivity index (χ4v) is 1.93. The number of morpholine rings is 1. The fraction of sp³-hybridized carbons (Fsp3) is 0.333. The smallest absolute Gasteiger partial charge is 0.337 e. The molecule has 3 N–H and O–H groups in total. The Kier molecular flexibility index (Phi) is 4.36. The first-order valence-electron chi connectivity index (χ1n) is 5.73. The molecule has 1 aliphatic heterocycles. The van der Waals surface area contributed by atoms with Gasteiger partial charge in [0.15, 0.2) is 0 Å². The zero-order valence-electron chi connectivity index (χ0n) is 9.98. The van der Waals surface area contributed by atoms with Crippen LogP contribution in [-0.4, -0.2) is 42.8 Å². The first kappa shape index (κ1) is 13.8. The minimum absolute atomic E-state index is 0.00511. The number of carbonyl (C=O) groups excluding carboxylic acids is 1. The molecule has 7 heteroatoms. The van der Waals surface area contributed by atoms with Crippen molar-refractivity contribution in [3.05, 3.63) is 28.8 Å². The molecule has 1 saturated heterocycles. The molecule has 1 aromatic rings. The summed E-state index contributed by atoms with van der Waals surface area (Å²) < 4.78 is 5.18. The third-order valence-corrected chi connectivity index (χ3v) is 2.94. The summed E-state index contributed by atoms with van der Waals surface area (Å²) in [4.78, 5) is 23.0. The summed E-state index contributed by atoms with van der Waals surface area (Å²) in [5, 5.41) is 14.9. The van der Waals surface area contributed by atoms with Gasteiger partial charge in [0.05, 0.1) is 24.5 Å². The largest absolute Gasteiger partial charge is 0.478 e. The topological polar surface area (TPSA) is 87.7 Å². The number of amides is 1. The van der Waals surface area contributed by atoms with E-state index in [0.29, 0.717) is 18.2 Å². The predicted molar refractivity (Wildman–Crippen MR) is 69.7 cm³/mol. The molecular formula is C12H13ClN2O4. The van der Waals surface area contributed by atoms with E-state index in [2.05, 4.69) is 10.6 Å². The Morgan fingerprint density at radius 1 is 1.47 bits per heavy atom. The molecule has 6 nitrogen and oxygen atoms in total. The number of benzene rings is 1. The summed E-state index contributed by atoms with van der Waals surface area (Å²) in [5.41, 5.74) is 0.173. The van der Waals surface area contributed by atoms with Crippen molar-refractivity contribution in [3.63, 3.8) is 0 Å². The molecule has 1 heterocycles. The summed E-state index contributed by atoms with van der Waals surface area (Å²) in [6.45, 7) is 1.40. The van der Waals surface area contributed by atoms with Gasteiger partial charge in [0, 0.05) is 11.6 Å². The third kappa shape index (κ3) is 3.44. The maximum absolute atomic E-state index is 12.0. The molecule has 2 rings (SSSR count). The van der Waals surface area contributed by atoms with Crippen LogP contribution in [0.4, 0.5) is 5.69 Å². The number of hydrogen-bond donors (Lipinski definition) is 3. The molecule has 0 aliphatic carbocycles. The normalized spacial score (nSPS) is 18.9. The number of carbonyl (C=O) groups is 2. The van der Waals surface area contributed by atoms with Gasteiger partial charge >= 0.3 is 5.97 Å². The Balaban J connectivity index is 2.15. The highest BCUT2D eigenvalue weighted by Crippen LogP contribution is 2.21. The molecule has 19 heavy (non-hydrogen) atoms. The quantitative estimate of drug-likeness (QED) is 0.770. The monoisotopic (exact) mass is 284 g/mol. The maximum Gasteiger partial charge on any atom is 0.337 e. The van der Waals surface area contributed by atoms with Gasteiger partial charge in [0.1, 0.15) is 6.04 Å². The zero-order chi connectivity index (χ0) is 13.8. The van der Waals surface area contributed by atoms with Crippen molar-refractivity contribution >= 4 is 29.2 Å². The molecule has 1 fully saturated rings. The van der Waals surface area contributed by atoms with E-state index in [4.69, 9.17) is 21.4 Å². The van der Waals surface area contributed by atoms with Crippen molar-refractivity contribution in [1.82, 2.24) is 5.32 Å². The molecule has 1 unspecified atom stereocenters. The van der Waals surface area contributed by atoms with Gasteiger partial charge in [0.25, 0.3) is 0 Å². The van der Waals surface area contributed by atoms with Gasteiger partial charge in [-0.15, -0.1) is 0 Å². The van der Waals surface area contributed by atoms with E-state index in [9.17, 15) is 9.59 Å². The molecule has 0 spiro atoms. The summed E-state index contributed by atoms with van der Waals surface area (Å²) in [5.74, 6) is -1.47. The van der Waals surface area contributed by atoms with Crippen LogP contribution in [0.15, 0.2) is 18.2 Å². The molecule has 1 amide bonds. The maximum atomic E-state index is 12.0.